The Kier molecular flexibility index (Phi) is 20.1. The molecule has 4 saturated carbocycles. The first kappa shape index (κ1) is 47.7. The van der Waals surface area contributed by atoms with E-state index < -0.39 is 0 Å². The molecule has 0 heterocycles. The first-order valence-electron chi connectivity index (χ1n) is 27.8. The van der Waals surface area contributed by atoms with Gasteiger partial charge in [-0.25, -0.2) is 0 Å². The summed E-state index contributed by atoms with van der Waals surface area (Å²) in [5, 5.41) is 0. The van der Waals surface area contributed by atoms with Crippen molar-refractivity contribution in [1.29, 1.82) is 0 Å². The van der Waals surface area contributed by atoms with E-state index in [0.717, 1.165) is 76.9 Å². The zero-order chi connectivity index (χ0) is 41.6. The molecule has 338 valence electrons. The van der Waals surface area contributed by atoms with E-state index in [1.807, 2.05) is 0 Å². The molecule has 4 fully saturated rings. The van der Waals surface area contributed by atoms with Gasteiger partial charge in [-0.15, -0.1) is 0 Å². The van der Waals surface area contributed by atoms with Crippen molar-refractivity contribution >= 4 is 0 Å². The van der Waals surface area contributed by atoms with Crippen LogP contribution in [-0.2, 0) is 0 Å². The summed E-state index contributed by atoms with van der Waals surface area (Å²) < 4.78 is 0. The summed E-state index contributed by atoms with van der Waals surface area (Å²) in [4.78, 5) is 0. The number of allylic oxidation sites excluding steroid dienone is 6. The normalized spacial score (nSPS) is 37.3. The Bertz CT molecular complexity index is 1260. The molecule has 0 nitrogen and oxygen atoms in total. The average Bonchev–Trinajstić information content (AvgIpc) is 3.55. The second kappa shape index (κ2) is 24.9. The van der Waals surface area contributed by atoms with Crippen LogP contribution >= 0.6 is 0 Å². The molecule has 8 unspecified atom stereocenters. The maximum Gasteiger partial charge on any atom is -0.00772 e. The van der Waals surface area contributed by atoms with Gasteiger partial charge in [0, 0.05) is 0 Å². The summed E-state index contributed by atoms with van der Waals surface area (Å²) in [6, 6.07) is 0. The van der Waals surface area contributed by atoms with Crippen LogP contribution in [0.15, 0.2) is 35.5 Å². The van der Waals surface area contributed by atoms with Crippen molar-refractivity contribution in [2.75, 3.05) is 0 Å². The molecule has 15 atom stereocenters. The van der Waals surface area contributed by atoms with E-state index >= 15 is 0 Å². The van der Waals surface area contributed by atoms with Gasteiger partial charge in [-0.2, -0.15) is 0 Å². The number of hydrogen-bond donors (Lipinski definition) is 0. The fourth-order valence-electron chi connectivity index (χ4n) is 16.1. The molecule has 59 heavy (non-hydrogen) atoms. The molecule has 0 aromatic rings. The molecule has 0 aromatic heterocycles. The number of fused-ring (bicyclic) bond motifs is 2. The smallest absolute Gasteiger partial charge is 0.00772 e. The molecular weight excluding hydrogens is 709 g/mol. The highest BCUT2D eigenvalue weighted by atomic mass is 14.5. The highest BCUT2D eigenvalue weighted by Gasteiger charge is 2.43. The van der Waals surface area contributed by atoms with Crippen LogP contribution in [0, 0.1) is 88.8 Å². The van der Waals surface area contributed by atoms with Crippen molar-refractivity contribution in [2.45, 2.75) is 248 Å². The van der Waals surface area contributed by atoms with Crippen LogP contribution in [0.1, 0.15) is 248 Å². The van der Waals surface area contributed by atoms with E-state index in [1.54, 1.807) is 94.6 Å². The molecule has 0 bridgehead atoms. The lowest BCUT2D eigenvalue weighted by Gasteiger charge is -2.49. The van der Waals surface area contributed by atoms with Crippen molar-refractivity contribution in [1.82, 2.24) is 0 Å². The SMILES string of the molecule is CCCCC1=CC(CC)[C@H]2CCCC=CC2C(/C(C)=C/CCCC(C)CCC[C@@H](CCC)C[C@@H](C2CCC[C@@H](C)C2)C2CCC[C@H]([C@H]3CCCC4CCCCC43)C2)[C@H]1C. The van der Waals surface area contributed by atoms with Gasteiger partial charge in [-0.05, 0) is 179 Å². The molecule has 6 rings (SSSR count). The van der Waals surface area contributed by atoms with Crippen molar-refractivity contribution in [3.05, 3.63) is 35.5 Å². The van der Waals surface area contributed by atoms with Crippen molar-refractivity contribution < 1.29 is 0 Å². The van der Waals surface area contributed by atoms with Gasteiger partial charge >= 0.3 is 0 Å². The predicted molar refractivity (Wildman–Crippen MR) is 261 cm³/mol. The van der Waals surface area contributed by atoms with Crippen LogP contribution in [-0.4, -0.2) is 0 Å². The summed E-state index contributed by atoms with van der Waals surface area (Å²) in [7, 11) is 0. The summed E-state index contributed by atoms with van der Waals surface area (Å²) in [6.07, 6.45) is 56.6. The van der Waals surface area contributed by atoms with Crippen LogP contribution in [0.4, 0.5) is 0 Å². The Hall–Kier alpha value is -0.780. The first-order chi connectivity index (χ1) is 28.8. The van der Waals surface area contributed by atoms with Crippen LogP contribution in [0.5, 0.6) is 0 Å². The third kappa shape index (κ3) is 13.4. The highest BCUT2D eigenvalue weighted by Crippen LogP contribution is 2.53. The highest BCUT2D eigenvalue weighted by molar-refractivity contribution is 5.23. The molecule has 0 amide bonds. The topological polar surface area (TPSA) is 0 Å². The molecule has 0 radical (unpaired) electrons. The van der Waals surface area contributed by atoms with Gasteiger partial charge in [0.05, 0.1) is 0 Å². The van der Waals surface area contributed by atoms with Crippen LogP contribution < -0.4 is 0 Å². The zero-order valence-electron chi connectivity index (χ0n) is 40.9. The fourth-order valence-corrected chi connectivity index (χ4v) is 16.1. The Labute approximate surface area is 370 Å². The number of hydrogen-bond acceptors (Lipinski definition) is 0. The van der Waals surface area contributed by atoms with Crippen LogP contribution in [0.25, 0.3) is 0 Å². The Morgan fingerprint density at radius 2 is 1.39 bits per heavy atom. The summed E-state index contributed by atoms with van der Waals surface area (Å²) in [5.74, 6) is 14.0. The third-order valence-electron chi connectivity index (χ3n) is 19.3. The van der Waals surface area contributed by atoms with E-state index in [0.29, 0.717) is 11.8 Å². The molecule has 0 heteroatoms. The van der Waals surface area contributed by atoms with Gasteiger partial charge in [-0.3, -0.25) is 0 Å². The van der Waals surface area contributed by atoms with E-state index in [9.17, 15) is 0 Å². The van der Waals surface area contributed by atoms with Crippen molar-refractivity contribution in [2.24, 2.45) is 88.8 Å². The molecule has 0 saturated heterocycles. The maximum absolute atomic E-state index is 2.81. The van der Waals surface area contributed by atoms with Gasteiger partial charge < -0.3 is 0 Å². The molecule has 6 aliphatic carbocycles. The van der Waals surface area contributed by atoms with E-state index in [-0.39, 0.29) is 0 Å². The quantitative estimate of drug-likeness (QED) is 0.0849. The fraction of sp³-hybridized carbons (Fsp3) is 0.898. The van der Waals surface area contributed by atoms with Gasteiger partial charge in [0.2, 0.25) is 0 Å². The Morgan fingerprint density at radius 3 is 2.19 bits per heavy atom. The second-order valence-electron chi connectivity index (χ2n) is 23.3. The Morgan fingerprint density at radius 1 is 0.695 bits per heavy atom. The lowest BCUT2D eigenvalue weighted by molar-refractivity contribution is 0.0166. The van der Waals surface area contributed by atoms with Gasteiger partial charge in [0.25, 0.3) is 0 Å². The summed E-state index contributed by atoms with van der Waals surface area (Å²) in [6.45, 7) is 17.7. The van der Waals surface area contributed by atoms with Gasteiger partial charge in [0.1, 0.15) is 0 Å². The minimum Gasteiger partial charge on any atom is -0.0882 e. The Balaban J connectivity index is 1.02. The molecule has 0 aromatic carbocycles. The molecule has 0 N–H and O–H groups in total. The number of unbranched alkanes of at least 4 members (excludes halogenated alkanes) is 2. The largest absolute Gasteiger partial charge is 0.0882 e. The van der Waals surface area contributed by atoms with Crippen molar-refractivity contribution in [3.63, 3.8) is 0 Å². The van der Waals surface area contributed by atoms with Crippen LogP contribution in [0.2, 0.25) is 0 Å². The molecule has 6 aliphatic rings. The number of rotatable bonds is 20. The maximum atomic E-state index is 2.81. The lowest BCUT2D eigenvalue weighted by atomic mass is 9.57. The summed E-state index contributed by atoms with van der Waals surface area (Å²) >= 11 is 0. The van der Waals surface area contributed by atoms with E-state index in [4.69, 9.17) is 0 Å². The third-order valence-corrected chi connectivity index (χ3v) is 19.3. The molecular formula is C59H102. The standard InChI is InChI=1S/C59H102/c1-8-11-29-50-41-48(10-3)54-35-13-12-14-37-57(54)59(46(50)7)45(6)27-16-15-24-43(4)25-19-28-47(23-9-2)40-58(51-32-20-26-44(5)39-51)53-34-21-33-52(42-53)56-38-22-31-49-30-17-18-36-55(49)56/h14,27,37,41,43-44,46-49,51-59H,8-13,15-26,28-36,38-40,42H2,1-7H3/b45-27+/t43?,44-,46+,47-,48?,49?,51?,52+,53?,54-,55?,56-,57?,58+,59?/m1/s1. The van der Waals surface area contributed by atoms with E-state index in [1.165, 1.54) is 116 Å². The van der Waals surface area contributed by atoms with Gasteiger partial charge in [0.15, 0.2) is 0 Å². The minimum atomic E-state index is 0.682. The monoisotopic (exact) mass is 811 g/mol. The van der Waals surface area contributed by atoms with Crippen molar-refractivity contribution in [3.8, 4) is 0 Å². The molecule has 0 spiro atoms. The van der Waals surface area contributed by atoms with Crippen LogP contribution in [0.3, 0.4) is 0 Å². The zero-order valence-corrected chi connectivity index (χ0v) is 40.9. The van der Waals surface area contributed by atoms with Gasteiger partial charge in [-0.1, -0.05) is 193 Å². The molecule has 0 aliphatic heterocycles. The minimum absolute atomic E-state index is 0.682. The summed E-state index contributed by atoms with van der Waals surface area (Å²) in [5.41, 5.74) is 3.52. The first-order valence-corrected chi connectivity index (χ1v) is 27.8. The second-order valence-corrected chi connectivity index (χ2v) is 23.3. The van der Waals surface area contributed by atoms with E-state index in [2.05, 4.69) is 72.8 Å². The predicted octanol–water partition coefficient (Wildman–Crippen LogP) is 19.0. The average molecular weight is 811 g/mol. The lowest BCUT2D eigenvalue weighted by Crippen LogP contribution is -2.39.